The van der Waals surface area contributed by atoms with Crippen molar-refractivity contribution in [2.75, 3.05) is 31.6 Å². The fourth-order valence-corrected chi connectivity index (χ4v) is 3.95. The molecule has 3 nitrogen and oxygen atoms in total. The van der Waals surface area contributed by atoms with Crippen molar-refractivity contribution in [1.29, 1.82) is 0 Å². The van der Waals surface area contributed by atoms with Crippen LogP contribution in [0.25, 0.3) is 10.8 Å². The second-order valence-electron chi connectivity index (χ2n) is 7.48. The first-order valence-corrected chi connectivity index (χ1v) is 10.5. The standard InChI is InChI=1S/C24H27ClN2O/c25-21-7-10-24(11-8-21)28-17-3-14-27-15-12-22(13-16-27)26-23-9-6-19-4-1-2-5-20(19)18-23/h1-2,4-11,18,22,26H,3,12-17H2. The summed E-state index contributed by atoms with van der Waals surface area (Å²) in [6.45, 7) is 4.13. The highest BCUT2D eigenvalue weighted by Crippen LogP contribution is 2.22. The lowest BCUT2D eigenvalue weighted by Crippen LogP contribution is -2.39. The Bertz CT molecular complexity index is 889. The molecule has 146 valence electrons. The van der Waals surface area contributed by atoms with E-state index in [4.69, 9.17) is 16.3 Å². The molecule has 3 aromatic carbocycles. The Kier molecular flexibility index (Phi) is 6.35. The van der Waals surface area contributed by atoms with Crippen molar-refractivity contribution in [3.8, 4) is 5.75 Å². The minimum absolute atomic E-state index is 0.558. The van der Waals surface area contributed by atoms with Crippen LogP contribution in [0.5, 0.6) is 5.75 Å². The molecule has 1 fully saturated rings. The Morgan fingerprint density at radius 1 is 0.929 bits per heavy atom. The molecule has 1 heterocycles. The molecule has 1 aliphatic rings. The molecule has 0 spiro atoms. The summed E-state index contributed by atoms with van der Waals surface area (Å²) < 4.78 is 5.79. The van der Waals surface area contributed by atoms with E-state index in [1.54, 1.807) is 0 Å². The van der Waals surface area contributed by atoms with Crippen LogP contribution in [0.1, 0.15) is 19.3 Å². The molecule has 4 rings (SSSR count). The molecule has 0 unspecified atom stereocenters. The van der Waals surface area contributed by atoms with Gasteiger partial charge in [-0.3, -0.25) is 0 Å². The van der Waals surface area contributed by atoms with E-state index in [1.807, 2.05) is 24.3 Å². The van der Waals surface area contributed by atoms with Crippen LogP contribution >= 0.6 is 11.6 Å². The minimum Gasteiger partial charge on any atom is -0.494 e. The van der Waals surface area contributed by atoms with Gasteiger partial charge >= 0.3 is 0 Å². The molecule has 1 N–H and O–H groups in total. The summed E-state index contributed by atoms with van der Waals surface area (Å²) in [5, 5.41) is 7.06. The van der Waals surface area contributed by atoms with E-state index in [2.05, 4.69) is 52.7 Å². The maximum atomic E-state index is 5.90. The van der Waals surface area contributed by atoms with Gasteiger partial charge in [-0.05, 0) is 66.4 Å². The monoisotopic (exact) mass is 394 g/mol. The third-order valence-corrected chi connectivity index (χ3v) is 5.66. The maximum absolute atomic E-state index is 5.90. The van der Waals surface area contributed by atoms with Crippen LogP contribution in [0.3, 0.4) is 0 Å². The fourth-order valence-electron chi connectivity index (χ4n) is 3.82. The van der Waals surface area contributed by atoms with E-state index >= 15 is 0 Å². The largest absolute Gasteiger partial charge is 0.494 e. The molecule has 0 aliphatic carbocycles. The van der Waals surface area contributed by atoms with E-state index in [0.29, 0.717) is 6.04 Å². The number of halogens is 1. The normalized spacial score (nSPS) is 15.6. The summed E-state index contributed by atoms with van der Waals surface area (Å²) in [4.78, 5) is 2.55. The van der Waals surface area contributed by atoms with Gasteiger partial charge < -0.3 is 15.0 Å². The predicted molar refractivity (Wildman–Crippen MR) is 119 cm³/mol. The van der Waals surface area contributed by atoms with Crippen LogP contribution in [0, 0.1) is 0 Å². The summed E-state index contributed by atoms with van der Waals surface area (Å²) in [5.41, 5.74) is 1.23. The molecule has 0 radical (unpaired) electrons. The van der Waals surface area contributed by atoms with Gasteiger partial charge in [-0.15, -0.1) is 0 Å². The SMILES string of the molecule is Clc1ccc(OCCCN2CCC(Nc3ccc4ccccc4c3)CC2)cc1. The Morgan fingerprint density at radius 2 is 1.68 bits per heavy atom. The van der Waals surface area contributed by atoms with Crippen molar-refractivity contribution in [2.24, 2.45) is 0 Å². The zero-order chi connectivity index (χ0) is 19.2. The number of ether oxygens (including phenoxy) is 1. The van der Waals surface area contributed by atoms with Gasteiger partial charge in [0.2, 0.25) is 0 Å². The van der Waals surface area contributed by atoms with Crippen molar-refractivity contribution >= 4 is 28.1 Å². The minimum atomic E-state index is 0.558. The topological polar surface area (TPSA) is 24.5 Å². The van der Waals surface area contributed by atoms with E-state index in [-0.39, 0.29) is 0 Å². The van der Waals surface area contributed by atoms with Gasteiger partial charge in [0.25, 0.3) is 0 Å². The molecular formula is C24H27ClN2O. The van der Waals surface area contributed by atoms with Gasteiger partial charge in [-0.1, -0.05) is 41.9 Å². The van der Waals surface area contributed by atoms with Gasteiger partial charge in [0.05, 0.1) is 6.61 Å². The first-order chi connectivity index (χ1) is 13.8. The summed E-state index contributed by atoms with van der Waals surface area (Å²) in [7, 11) is 0. The number of piperidine rings is 1. The molecule has 0 bridgehead atoms. The number of benzene rings is 3. The first kappa shape index (κ1) is 19.1. The van der Waals surface area contributed by atoms with Crippen molar-refractivity contribution < 1.29 is 4.74 Å². The Balaban J connectivity index is 1.17. The Hall–Kier alpha value is -2.23. The predicted octanol–water partition coefficient (Wildman–Crippen LogP) is 5.84. The third-order valence-electron chi connectivity index (χ3n) is 5.41. The van der Waals surface area contributed by atoms with Crippen LogP contribution in [0.15, 0.2) is 66.7 Å². The van der Waals surface area contributed by atoms with Crippen molar-refractivity contribution in [1.82, 2.24) is 4.90 Å². The molecule has 0 aromatic heterocycles. The number of hydrogen-bond donors (Lipinski definition) is 1. The fraction of sp³-hybridized carbons (Fsp3) is 0.333. The Labute approximate surface area is 172 Å². The van der Waals surface area contributed by atoms with E-state index < -0.39 is 0 Å². The molecule has 0 saturated carbocycles. The first-order valence-electron chi connectivity index (χ1n) is 10.1. The second kappa shape index (κ2) is 9.31. The van der Waals surface area contributed by atoms with Gasteiger partial charge in [0.15, 0.2) is 0 Å². The molecule has 1 aliphatic heterocycles. The molecule has 4 heteroatoms. The molecular weight excluding hydrogens is 368 g/mol. The summed E-state index contributed by atoms with van der Waals surface area (Å²) in [6, 6.07) is 23.3. The van der Waals surface area contributed by atoms with E-state index in [1.165, 1.54) is 29.3 Å². The van der Waals surface area contributed by atoms with Crippen LogP contribution < -0.4 is 10.1 Å². The smallest absolute Gasteiger partial charge is 0.119 e. The van der Waals surface area contributed by atoms with Crippen LogP contribution in [-0.4, -0.2) is 37.2 Å². The average Bonchev–Trinajstić information content (AvgIpc) is 2.73. The number of fused-ring (bicyclic) bond motifs is 1. The van der Waals surface area contributed by atoms with Crippen molar-refractivity contribution in [3.63, 3.8) is 0 Å². The number of nitrogens with zero attached hydrogens (tertiary/aromatic N) is 1. The molecule has 28 heavy (non-hydrogen) atoms. The van der Waals surface area contributed by atoms with E-state index in [9.17, 15) is 0 Å². The molecule has 0 amide bonds. The van der Waals surface area contributed by atoms with Gasteiger partial charge in [0, 0.05) is 36.4 Å². The molecule has 3 aromatic rings. The number of anilines is 1. The third kappa shape index (κ3) is 5.18. The maximum Gasteiger partial charge on any atom is 0.119 e. The van der Waals surface area contributed by atoms with Gasteiger partial charge in [-0.25, -0.2) is 0 Å². The van der Waals surface area contributed by atoms with E-state index in [0.717, 1.165) is 43.4 Å². The lowest BCUT2D eigenvalue weighted by atomic mass is 10.0. The van der Waals surface area contributed by atoms with Gasteiger partial charge in [0.1, 0.15) is 5.75 Å². The number of rotatable bonds is 7. The van der Waals surface area contributed by atoms with Crippen LogP contribution in [0.4, 0.5) is 5.69 Å². The molecule has 1 saturated heterocycles. The van der Waals surface area contributed by atoms with Crippen molar-refractivity contribution in [2.45, 2.75) is 25.3 Å². The lowest BCUT2D eigenvalue weighted by molar-refractivity contribution is 0.198. The van der Waals surface area contributed by atoms with Gasteiger partial charge in [-0.2, -0.15) is 0 Å². The zero-order valence-corrected chi connectivity index (χ0v) is 16.9. The second-order valence-corrected chi connectivity index (χ2v) is 7.91. The number of hydrogen-bond acceptors (Lipinski definition) is 3. The van der Waals surface area contributed by atoms with Crippen molar-refractivity contribution in [3.05, 3.63) is 71.8 Å². The summed E-state index contributed by atoms with van der Waals surface area (Å²) in [6.07, 6.45) is 3.42. The highest BCUT2D eigenvalue weighted by Gasteiger charge is 2.18. The molecule has 0 atom stereocenters. The number of likely N-dealkylation sites (tertiary alicyclic amines) is 1. The lowest BCUT2D eigenvalue weighted by Gasteiger charge is -2.32. The summed E-state index contributed by atoms with van der Waals surface area (Å²) in [5.74, 6) is 0.891. The highest BCUT2D eigenvalue weighted by molar-refractivity contribution is 6.30. The number of nitrogens with one attached hydrogen (secondary N) is 1. The van der Waals surface area contributed by atoms with Crippen LogP contribution in [-0.2, 0) is 0 Å². The Morgan fingerprint density at radius 3 is 2.46 bits per heavy atom. The highest BCUT2D eigenvalue weighted by atomic mass is 35.5. The quantitative estimate of drug-likeness (QED) is 0.509. The average molecular weight is 395 g/mol. The van der Waals surface area contributed by atoms with Crippen LogP contribution in [0.2, 0.25) is 5.02 Å². The zero-order valence-electron chi connectivity index (χ0n) is 16.1. The summed E-state index contributed by atoms with van der Waals surface area (Å²) >= 11 is 5.90.